The number of rotatable bonds is 9. The molecule has 0 saturated carbocycles. The number of nitrogens with zero attached hydrogens (tertiary/aromatic N) is 2. The third-order valence-electron chi connectivity index (χ3n) is 5.85. The van der Waals surface area contributed by atoms with Crippen LogP contribution >= 0.6 is 11.6 Å². The summed E-state index contributed by atoms with van der Waals surface area (Å²) < 4.78 is 5.89. The highest BCUT2D eigenvalue weighted by Gasteiger charge is 2.12. The van der Waals surface area contributed by atoms with Gasteiger partial charge in [-0.15, -0.1) is 0 Å². The normalized spacial score (nSPS) is 11.0. The van der Waals surface area contributed by atoms with Crippen LogP contribution in [0.1, 0.15) is 21.5 Å². The molecule has 0 heterocycles. The zero-order valence-corrected chi connectivity index (χ0v) is 21.0. The number of hydrogen-bond donors (Lipinski definition) is 2. The molecule has 0 aromatic heterocycles. The molecule has 0 saturated heterocycles. The molecule has 188 valence electrons. The second-order valence-electron chi connectivity index (χ2n) is 8.40. The van der Waals surface area contributed by atoms with E-state index in [0.717, 1.165) is 22.8 Å². The van der Waals surface area contributed by atoms with Crippen LogP contribution in [0.3, 0.4) is 0 Å². The van der Waals surface area contributed by atoms with Gasteiger partial charge >= 0.3 is 0 Å². The first-order valence-corrected chi connectivity index (χ1v) is 12.0. The molecule has 0 bridgehead atoms. The van der Waals surface area contributed by atoms with Gasteiger partial charge in [-0.1, -0.05) is 66.2 Å². The number of hydrogen-bond acceptors (Lipinski definition) is 5. The molecule has 0 fully saturated rings. The number of likely N-dealkylation sites (N-methyl/N-ethyl adjacent to an activating group) is 1. The predicted molar refractivity (Wildman–Crippen MR) is 145 cm³/mol. The van der Waals surface area contributed by atoms with Crippen molar-refractivity contribution in [3.63, 3.8) is 0 Å². The molecular formula is C29H26ClN3O4. The molecular weight excluding hydrogens is 490 g/mol. The molecule has 0 aliphatic rings. The number of benzene rings is 4. The van der Waals surface area contributed by atoms with Gasteiger partial charge in [-0.05, 0) is 47.7 Å². The summed E-state index contributed by atoms with van der Waals surface area (Å²) in [5.74, 6) is -0.0867. The van der Waals surface area contributed by atoms with Crippen molar-refractivity contribution in [1.29, 1.82) is 0 Å². The number of carbonyl (C=O) groups excluding carboxylic acids is 2. The molecule has 4 aromatic rings. The first kappa shape index (κ1) is 25.7. The zero-order chi connectivity index (χ0) is 26.2. The van der Waals surface area contributed by atoms with Crippen LogP contribution in [0.25, 0.3) is 10.8 Å². The molecule has 0 aliphatic heterocycles. The summed E-state index contributed by atoms with van der Waals surface area (Å²) in [6, 6.07) is 25.4. The first-order valence-electron chi connectivity index (χ1n) is 11.7. The maximum Gasteiger partial charge on any atom is 0.271 e. The van der Waals surface area contributed by atoms with Gasteiger partial charge in [0.05, 0.1) is 11.2 Å². The van der Waals surface area contributed by atoms with Gasteiger partial charge in [0.15, 0.2) is 6.61 Å². The Hall–Kier alpha value is -4.36. The van der Waals surface area contributed by atoms with Crippen LogP contribution in [0.2, 0.25) is 5.02 Å². The lowest BCUT2D eigenvalue weighted by atomic mass is 10.0. The Balaban J connectivity index is 1.39. The van der Waals surface area contributed by atoms with Crippen LogP contribution in [-0.2, 0) is 11.2 Å². The van der Waals surface area contributed by atoms with Crippen molar-refractivity contribution < 1.29 is 19.4 Å². The van der Waals surface area contributed by atoms with Gasteiger partial charge < -0.3 is 14.7 Å². The second-order valence-corrected chi connectivity index (χ2v) is 8.81. The lowest BCUT2D eigenvalue weighted by Crippen LogP contribution is -2.33. The van der Waals surface area contributed by atoms with Gasteiger partial charge in [-0.3, -0.25) is 9.59 Å². The lowest BCUT2D eigenvalue weighted by Gasteiger charge is -2.18. The van der Waals surface area contributed by atoms with E-state index < -0.39 is 5.91 Å². The molecule has 37 heavy (non-hydrogen) atoms. The minimum atomic E-state index is -0.461. The smallest absolute Gasteiger partial charge is 0.271 e. The van der Waals surface area contributed by atoms with Crippen molar-refractivity contribution >= 4 is 40.4 Å². The van der Waals surface area contributed by atoms with E-state index in [2.05, 4.69) is 10.5 Å². The van der Waals surface area contributed by atoms with Crippen LogP contribution in [0.5, 0.6) is 11.5 Å². The van der Waals surface area contributed by atoms with Crippen LogP contribution in [0.4, 0.5) is 0 Å². The number of nitrogens with one attached hydrogen (secondary N) is 1. The molecule has 0 spiro atoms. The minimum absolute atomic E-state index is 0.0754. The quantitative estimate of drug-likeness (QED) is 0.241. The minimum Gasteiger partial charge on any atom is -0.506 e. The summed E-state index contributed by atoms with van der Waals surface area (Å²) in [6.07, 6.45) is 2.31. The molecule has 8 heteroatoms. The SMILES string of the molecule is CN(CCc1ccccc1)C(=O)COc1ccc(C=NNC(=O)c2ccc(O)c(Cl)c2)c2ccccc12. The molecule has 0 atom stereocenters. The highest BCUT2D eigenvalue weighted by atomic mass is 35.5. The first-order chi connectivity index (χ1) is 17.9. The fourth-order valence-corrected chi connectivity index (χ4v) is 3.90. The third kappa shape index (κ3) is 6.65. The lowest BCUT2D eigenvalue weighted by molar-refractivity contribution is -0.132. The molecule has 4 rings (SSSR count). The summed E-state index contributed by atoms with van der Waals surface area (Å²) in [7, 11) is 1.77. The van der Waals surface area contributed by atoms with Crippen molar-refractivity contribution in [3.05, 3.63) is 107 Å². The number of hydrazone groups is 1. The van der Waals surface area contributed by atoms with E-state index >= 15 is 0 Å². The number of aromatic hydroxyl groups is 1. The van der Waals surface area contributed by atoms with Gasteiger partial charge in [0.25, 0.3) is 11.8 Å². The average Bonchev–Trinajstić information content (AvgIpc) is 2.92. The van der Waals surface area contributed by atoms with Gasteiger partial charge in [0, 0.05) is 30.1 Å². The predicted octanol–water partition coefficient (Wildman–Crippen LogP) is 5.04. The van der Waals surface area contributed by atoms with E-state index in [1.807, 2.05) is 60.7 Å². The van der Waals surface area contributed by atoms with Crippen molar-refractivity contribution in [3.8, 4) is 11.5 Å². The topological polar surface area (TPSA) is 91.2 Å². The van der Waals surface area contributed by atoms with Crippen molar-refractivity contribution in [2.75, 3.05) is 20.2 Å². The van der Waals surface area contributed by atoms with Crippen molar-refractivity contribution in [2.45, 2.75) is 6.42 Å². The Bertz CT molecular complexity index is 1440. The van der Waals surface area contributed by atoms with Crippen LogP contribution in [0.15, 0.2) is 90.0 Å². The standard InChI is InChI=1S/C29H26ClN3O4/c1-33(16-15-20-7-3-2-4-8-20)28(35)19-37-27-14-12-22(23-9-5-6-10-24(23)27)18-31-32-29(36)21-11-13-26(34)25(30)17-21/h2-14,17-18,34H,15-16,19H2,1H3,(H,32,36). The summed E-state index contributed by atoms with van der Waals surface area (Å²) in [4.78, 5) is 26.6. The number of ether oxygens (including phenoxy) is 1. The van der Waals surface area contributed by atoms with Gasteiger partial charge in [-0.25, -0.2) is 5.43 Å². The number of phenolic OH excluding ortho intramolecular Hbond substituents is 1. The van der Waals surface area contributed by atoms with Crippen molar-refractivity contribution in [1.82, 2.24) is 10.3 Å². The summed E-state index contributed by atoms with van der Waals surface area (Å²) in [6.45, 7) is 0.526. The van der Waals surface area contributed by atoms with E-state index in [1.54, 1.807) is 18.0 Å². The maximum absolute atomic E-state index is 12.6. The van der Waals surface area contributed by atoms with E-state index in [4.69, 9.17) is 16.3 Å². The highest BCUT2D eigenvalue weighted by Crippen LogP contribution is 2.28. The Morgan fingerprint density at radius 2 is 1.73 bits per heavy atom. The zero-order valence-electron chi connectivity index (χ0n) is 20.2. The van der Waals surface area contributed by atoms with E-state index in [-0.39, 0.29) is 28.8 Å². The maximum atomic E-state index is 12.6. The number of amides is 2. The van der Waals surface area contributed by atoms with Crippen LogP contribution < -0.4 is 10.2 Å². The fraction of sp³-hybridized carbons (Fsp3) is 0.138. The Morgan fingerprint density at radius 3 is 2.49 bits per heavy atom. The van der Waals surface area contributed by atoms with Crippen LogP contribution in [-0.4, -0.2) is 48.2 Å². The van der Waals surface area contributed by atoms with Gasteiger partial charge in [0.1, 0.15) is 11.5 Å². The molecule has 0 radical (unpaired) electrons. The Morgan fingerprint density at radius 1 is 1.00 bits per heavy atom. The summed E-state index contributed by atoms with van der Waals surface area (Å²) >= 11 is 5.87. The number of fused-ring (bicyclic) bond motifs is 1. The number of halogens is 1. The molecule has 4 aromatic carbocycles. The Labute approximate surface area is 219 Å². The van der Waals surface area contributed by atoms with Gasteiger partial charge in [0.2, 0.25) is 0 Å². The third-order valence-corrected chi connectivity index (χ3v) is 6.16. The molecule has 0 aliphatic carbocycles. The van der Waals surface area contributed by atoms with Gasteiger partial charge in [-0.2, -0.15) is 5.10 Å². The number of carbonyl (C=O) groups is 2. The van der Waals surface area contributed by atoms with Crippen LogP contribution in [0, 0.1) is 0 Å². The van der Waals surface area contributed by atoms with Crippen molar-refractivity contribution in [2.24, 2.45) is 5.10 Å². The summed E-state index contributed by atoms with van der Waals surface area (Å²) in [5.41, 5.74) is 4.67. The fourth-order valence-electron chi connectivity index (χ4n) is 3.72. The largest absolute Gasteiger partial charge is 0.506 e. The summed E-state index contributed by atoms with van der Waals surface area (Å²) in [5, 5.41) is 15.3. The molecule has 2 N–H and O–H groups in total. The Kier molecular flexibility index (Phi) is 8.38. The van der Waals surface area contributed by atoms with E-state index in [0.29, 0.717) is 12.3 Å². The van der Waals surface area contributed by atoms with E-state index in [9.17, 15) is 14.7 Å². The monoisotopic (exact) mass is 515 g/mol. The van der Waals surface area contributed by atoms with E-state index in [1.165, 1.54) is 30.0 Å². The second kappa shape index (κ2) is 12.1. The number of phenols is 1. The molecule has 2 amide bonds. The highest BCUT2D eigenvalue weighted by molar-refractivity contribution is 6.32. The molecule has 0 unspecified atom stereocenters. The average molecular weight is 516 g/mol. The molecule has 7 nitrogen and oxygen atoms in total.